The summed E-state index contributed by atoms with van der Waals surface area (Å²) in [5.41, 5.74) is 1.31. The molecule has 1 aromatic carbocycles. The van der Waals surface area contributed by atoms with Crippen molar-refractivity contribution in [1.29, 1.82) is 0 Å². The molecule has 0 saturated heterocycles. The Balaban J connectivity index is 1.83. The highest BCUT2D eigenvalue weighted by Gasteiger charge is 2.57. The third kappa shape index (κ3) is 2.44. The van der Waals surface area contributed by atoms with Crippen molar-refractivity contribution in [1.82, 2.24) is 0 Å². The first kappa shape index (κ1) is 15.8. The van der Waals surface area contributed by atoms with E-state index in [-0.39, 0.29) is 21.4 Å². The smallest absolute Gasteiger partial charge is 0.313 e. The predicted octanol–water partition coefficient (Wildman–Crippen LogP) is 5.35. The maximum atomic E-state index is 12.2. The lowest BCUT2D eigenvalue weighted by Crippen LogP contribution is -2.36. The standard InChI is InChI=1S/C17H19Cl2NO2/c1-16(2)10-6-7-17(3,9-10)15(16)20-22-14(21)12-5-4-11(18)8-13(12)19/h4-5,8,10H,6-7,9H2,1-3H3. The van der Waals surface area contributed by atoms with Crippen LogP contribution in [0.25, 0.3) is 0 Å². The van der Waals surface area contributed by atoms with Crippen LogP contribution in [0.3, 0.4) is 0 Å². The third-order valence-corrected chi connectivity index (χ3v) is 5.86. The maximum absolute atomic E-state index is 12.2. The molecule has 2 saturated carbocycles. The molecule has 0 N–H and O–H groups in total. The summed E-state index contributed by atoms with van der Waals surface area (Å²) in [5.74, 6) is 0.0745. The Kier molecular flexibility index (Phi) is 3.77. The van der Waals surface area contributed by atoms with Crippen molar-refractivity contribution in [2.24, 2.45) is 21.9 Å². The first-order valence-electron chi connectivity index (χ1n) is 7.49. The van der Waals surface area contributed by atoms with Crippen LogP contribution >= 0.6 is 23.2 Å². The summed E-state index contributed by atoms with van der Waals surface area (Å²) in [6.45, 7) is 6.58. The van der Waals surface area contributed by atoms with Gasteiger partial charge in [0.15, 0.2) is 0 Å². The quantitative estimate of drug-likeness (QED) is 0.537. The lowest BCUT2D eigenvalue weighted by Gasteiger charge is -2.34. The van der Waals surface area contributed by atoms with Gasteiger partial charge < -0.3 is 4.84 Å². The molecule has 3 rings (SSSR count). The molecule has 2 bridgehead atoms. The van der Waals surface area contributed by atoms with Gasteiger partial charge in [-0.1, -0.05) is 49.1 Å². The summed E-state index contributed by atoms with van der Waals surface area (Å²) in [4.78, 5) is 17.4. The number of halogens is 2. The van der Waals surface area contributed by atoms with Crippen LogP contribution in [0.15, 0.2) is 23.4 Å². The molecule has 5 heteroatoms. The molecule has 0 radical (unpaired) electrons. The second-order valence-electron chi connectivity index (χ2n) is 7.16. The number of hydrogen-bond donors (Lipinski definition) is 0. The highest BCUT2D eigenvalue weighted by Crippen LogP contribution is 2.60. The number of hydrogen-bond acceptors (Lipinski definition) is 3. The maximum Gasteiger partial charge on any atom is 0.367 e. The number of nitrogens with zero attached hydrogens (tertiary/aromatic N) is 1. The molecule has 0 amide bonds. The van der Waals surface area contributed by atoms with Crippen molar-refractivity contribution in [2.45, 2.75) is 40.0 Å². The number of carbonyl (C=O) groups is 1. The molecule has 3 nitrogen and oxygen atoms in total. The number of rotatable bonds is 2. The van der Waals surface area contributed by atoms with E-state index in [0.29, 0.717) is 10.9 Å². The minimum Gasteiger partial charge on any atom is -0.313 e. The van der Waals surface area contributed by atoms with E-state index in [9.17, 15) is 4.79 Å². The second-order valence-corrected chi connectivity index (χ2v) is 8.01. The Bertz CT molecular complexity index is 662. The lowest BCUT2D eigenvalue weighted by atomic mass is 9.71. The van der Waals surface area contributed by atoms with Crippen LogP contribution in [0.1, 0.15) is 50.4 Å². The molecule has 0 heterocycles. The molecule has 1 aromatic rings. The molecule has 2 aliphatic rings. The van der Waals surface area contributed by atoms with Gasteiger partial charge in [-0.3, -0.25) is 0 Å². The minimum atomic E-state index is -0.545. The van der Waals surface area contributed by atoms with Gasteiger partial charge in [0.1, 0.15) is 0 Å². The van der Waals surface area contributed by atoms with Gasteiger partial charge in [0, 0.05) is 15.9 Å². The SMILES string of the molecule is CC12CCC(C1)C(C)(C)C2=NOC(=O)c1ccc(Cl)cc1Cl. The molecule has 2 atom stereocenters. The average Bonchev–Trinajstić information content (AvgIpc) is 2.89. The Morgan fingerprint density at radius 2 is 2.05 bits per heavy atom. The summed E-state index contributed by atoms with van der Waals surface area (Å²) >= 11 is 11.9. The van der Waals surface area contributed by atoms with E-state index in [0.717, 1.165) is 18.6 Å². The van der Waals surface area contributed by atoms with Crippen LogP contribution in [-0.2, 0) is 4.84 Å². The van der Waals surface area contributed by atoms with E-state index in [4.69, 9.17) is 28.0 Å². The molecular formula is C17H19Cl2NO2. The van der Waals surface area contributed by atoms with Gasteiger partial charge in [-0.15, -0.1) is 0 Å². The first-order valence-corrected chi connectivity index (χ1v) is 8.25. The summed E-state index contributed by atoms with van der Waals surface area (Å²) in [7, 11) is 0. The van der Waals surface area contributed by atoms with Crippen LogP contribution in [0, 0.1) is 16.7 Å². The number of fused-ring (bicyclic) bond motifs is 2. The van der Waals surface area contributed by atoms with E-state index in [1.807, 2.05) is 0 Å². The molecular weight excluding hydrogens is 321 g/mol. The van der Waals surface area contributed by atoms with Gasteiger partial charge >= 0.3 is 5.97 Å². The van der Waals surface area contributed by atoms with Crippen LogP contribution in [-0.4, -0.2) is 11.7 Å². The monoisotopic (exact) mass is 339 g/mol. The van der Waals surface area contributed by atoms with Crippen molar-refractivity contribution in [3.8, 4) is 0 Å². The second kappa shape index (κ2) is 5.24. The highest BCUT2D eigenvalue weighted by atomic mass is 35.5. The van der Waals surface area contributed by atoms with Crippen LogP contribution in [0.5, 0.6) is 0 Å². The molecule has 0 aromatic heterocycles. The van der Waals surface area contributed by atoms with Crippen LogP contribution in [0.4, 0.5) is 0 Å². The zero-order valence-electron chi connectivity index (χ0n) is 13.0. The average molecular weight is 340 g/mol. The fourth-order valence-electron chi connectivity index (χ4n) is 4.06. The Morgan fingerprint density at radius 1 is 1.32 bits per heavy atom. The Hall–Kier alpha value is -1.06. The van der Waals surface area contributed by atoms with Crippen molar-refractivity contribution in [3.05, 3.63) is 33.8 Å². The summed E-state index contributed by atoms with van der Waals surface area (Å²) < 4.78 is 0. The van der Waals surface area contributed by atoms with Crippen molar-refractivity contribution in [2.75, 3.05) is 0 Å². The zero-order chi connectivity index (χ0) is 16.1. The Labute approximate surface area is 140 Å². The third-order valence-electron chi connectivity index (χ3n) is 5.32. The zero-order valence-corrected chi connectivity index (χ0v) is 14.5. The summed E-state index contributed by atoms with van der Waals surface area (Å²) in [6.07, 6.45) is 3.46. The molecule has 0 aliphatic heterocycles. The van der Waals surface area contributed by atoms with Crippen molar-refractivity contribution < 1.29 is 9.63 Å². The largest absolute Gasteiger partial charge is 0.367 e. The van der Waals surface area contributed by atoms with Gasteiger partial charge in [0.2, 0.25) is 0 Å². The molecule has 2 unspecified atom stereocenters. The first-order chi connectivity index (χ1) is 10.2. The lowest BCUT2D eigenvalue weighted by molar-refractivity contribution is 0.0506. The molecule has 0 spiro atoms. The summed E-state index contributed by atoms with van der Waals surface area (Å²) in [5, 5.41) is 5.00. The fraction of sp³-hybridized carbons (Fsp3) is 0.529. The molecule has 22 heavy (non-hydrogen) atoms. The van der Waals surface area contributed by atoms with Crippen LogP contribution < -0.4 is 0 Å². The van der Waals surface area contributed by atoms with Gasteiger partial charge in [-0.2, -0.15) is 0 Å². The summed E-state index contributed by atoms with van der Waals surface area (Å²) in [6, 6.07) is 4.69. The number of benzene rings is 1. The minimum absolute atomic E-state index is 0.0168. The van der Waals surface area contributed by atoms with E-state index < -0.39 is 5.97 Å². The fourth-order valence-corrected chi connectivity index (χ4v) is 4.55. The topological polar surface area (TPSA) is 38.7 Å². The van der Waals surface area contributed by atoms with Gasteiger partial charge in [0.25, 0.3) is 0 Å². The van der Waals surface area contributed by atoms with Gasteiger partial charge in [-0.25, -0.2) is 4.79 Å². The van der Waals surface area contributed by atoms with Gasteiger partial charge in [-0.05, 0) is 43.4 Å². The number of carbonyl (C=O) groups excluding carboxylic acids is 1. The predicted molar refractivity (Wildman–Crippen MR) is 88.5 cm³/mol. The van der Waals surface area contributed by atoms with E-state index in [1.165, 1.54) is 12.5 Å². The molecule has 2 fully saturated rings. The highest BCUT2D eigenvalue weighted by molar-refractivity contribution is 6.36. The normalized spacial score (nSPS) is 30.8. The van der Waals surface area contributed by atoms with E-state index in [1.54, 1.807) is 12.1 Å². The molecule has 2 aliphatic carbocycles. The number of oxime groups is 1. The Morgan fingerprint density at radius 3 is 2.64 bits per heavy atom. The molecule has 118 valence electrons. The van der Waals surface area contributed by atoms with E-state index >= 15 is 0 Å². The van der Waals surface area contributed by atoms with Gasteiger partial charge in [0.05, 0.1) is 16.3 Å². The van der Waals surface area contributed by atoms with Crippen molar-refractivity contribution in [3.63, 3.8) is 0 Å². The van der Waals surface area contributed by atoms with Crippen molar-refractivity contribution >= 4 is 34.9 Å². The van der Waals surface area contributed by atoms with Crippen LogP contribution in [0.2, 0.25) is 10.0 Å². The van der Waals surface area contributed by atoms with E-state index in [2.05, 4.69) is 25.9 Å².